The van der Waals surface area contributed by atoms with E-state index >= 15 is 0 Å². The first-order valence-corrected chi connectivity index (χ1v) is 7.39. The first kappa shape index (κ1) is 13.5. The summed E-state index contributed by atoms with van der Waals surface area (Å²) in [6, 6.07) is 9.43. The summed E-state index contributed by atoms with van der Waals surface area (Å²) in [7, 11) is 0. The van der Waals surface area contributed by atoms with E-state index < -0.39 is 0 Å². The number of nitrogen functional groups attached to an aromatic ring is 1. The smallest absolute Gasteiger partial charge is 0.226 e. The van der Waals surface area contributed by atoms with Crippen molar-refractivity contribution in [2.24, 2.45) is 0 Å². The maximum atomic E-state index is 11.9. The number of para-hydroxylation sites is 1. The topological polar surface area (TPSA) is 80.9 Å². The lowest BCUT2D eigenvalue weighted by atomic mass is 10.1. The lowest BCUT2D eigenvalue weighted by Gasteiger charge is -2.06. The van der Waals surface area contributed by atoms with Gasteiger partial charge in [-0.15, -0.1) is 11.3 Å². The number of pyridine rings is 1. The molecule has 5 nitrogen and oxygen atoms in total. The summed E-state index contributed by atoms with van der Waals surface area (Å²) in [5, 5.41) is 6.58. The maximum absolute atomic E-state index is 11.9. The molecule has 21 heavy (non-hydrogen) atoms. The number of nitrogens with two attached hydrogens (primary N) is 1. The van der Waals surface area contributed by atoms with E-state index in [9.17, 15) is 4.79 Å². The Labute approximate surface area is 125 Å². The number of hydrogen-bond acceptors (Lipinski definition) is 5. The zero-order valence-electron chi connectivity index (χ0n) is 11.2. The normalized spacial score (nSPS) is 10.7. The van der Waals surface area contributed by atoms with Gasteiger partial charge in [0.05, 0.1) is 29.9 Å². The molecule has 6 heteroatoms. The van der Waals surface area contributed by atoms with Crippen molar-refractivity contribution in [2.75, 3.05) is 5.73 Å². The molecule has 3 N–H and O–H groups in total. The molecule has 0 fully saturated rings. The van der Waals surface area contributed by atoms with Crippen LogP contribution in [-0.4, -0.2) is 15.9 Å². The lowest BCUT2D eigenvalue weighted by Crippen LogP contribution is -2.24. The first-order chi connectivity index (χ1) is 10.2. The van der Waals surface area contributed by atoms with Gasteiger partial charge in [0.15, 0.2) is 0 Å². The van der Waals surface area contributed by atoms with Crippen LogP contribution in [0.25, 0.3) is 10.9 Å². The third-order valence-corrected chi connectivity index (χ3v) is 3.85. The van der Waals surface area contributed by atoms with E-state index in [1.54, 1.807) is 6.20 Å². The van der Waals surface area contributed by atoms with E-state index in [0.717, 1.165) is 15.9 Å². The third kappa shape index (κ3) is 3.17. The Kier molecular flexibility index (Phi) is 3.79. The van der Waals surface area contributed by atoms with Crippen molar-refractivity contribution in [1.29, 1.82) is 0 Å². The Morgan fingerprint density at radius 3 is 3.00 bits per heavy atom. The molecule has 2 heterocycles. The van der Waals surface area contributed by atoms with Gasteiger partial charge in [-0.3, -0.25) is 9.78 Å². The molecule has 0 aliphatic heterocycles. The number of rotatable bonds is 4. The highest BCUT2D eigenvalue weighted by atomic mass is 32.1. The largest absolute Gasteiger partial charge is 0.397 e. The SMILES string of the molecule is Nc1cccc2ccc(CC(=O)NCc3nccs3)nc12. The minimum Gasteiger partial charge on any atom is -0.397 e. The Morgan fingerprint density at radius 2 is 2.19 bits per heavy atom. The van der Waals surface area contributed by atoms with Crippen molar-refractivity contribution >= 4 is 33.8 Å². The monoisotopic (exact) mass is 298 g/mol. The third-order valence-electron chi connectivity index (χ3n) is 3.07. The first-order valence-electron chi connectivity index (χ1n) is 6.51. The van der Waals surface area contributed by atoms with Crippen LogP contribution in [0.1, 0.15) is 10.7 Å². The van der Waals surface area contributed by atoms with Crippen LogP contribution in [0, 0.1) is 0 Å². The number of carbonyl (C=O) groups excluding carboxylic acids is 1. The summed E-state index contributed by atoms with van der Waals surface area (Å²) in [6.07, 6.45) is 1.95. The van der Waals surface area contributed by atoms with Crippen LogP contribution in [0.5, 0.6) is 0 Å². The molecule has 106 valence electrons. The molecule has 2 aromatic heterocycles. The molecule has 0 aliphatic rings. The quantitative estimate of drug-likeness (QED) is 0.723. The molecule has 0 radical (unpaired) electrons. The number of amides is 1. The van der Waals surface area contributed by atoms with Crippen LogP contribution in [0.15, 0.2) is 41.9 Å². The Balaban J connectivity index is 1.69. The van der Waals surface area contributed by atoms with Crippen LogP contribution in [0.2, 0.25) is 0 Å². The van der Waals surface area contributed by atoms with E-state index in [1.165, 1.54) is 11.3 Å². The average Bonchev–Trinajstić information content (AvgIpc) is 2.99. The average molecular weight is 298 g/mol. The molecule has 0 unspecified atom stereocenters. The highest BCUT2D eigenvalue weighted by Gasteiger charge is 2.07. The van der Waals surface area contributed by atoms with Crippen molar-refractivity contribution in [3.05, 3.63) is 52.6 Å². The predicted molar refractivity (Wildman–Crippen MR) is 83.8 cm³/mol. The molecule has 0 saturated carbocycles. The lowest BCUT2D eigenvalue weighted by molar-refractivity contribution is -0.120. The van der Waals surface area contributed by atoms with Crippen LogP contribution in [0.3, 0.4) is 0 Å². The van der Waals surface area contributed by atoms with Gasteiger partial charge in [0.1, 0.15) is 5.01 Å². The molecule has 0 aliphatic carbocycles. The molecular formula is C15H14N4OS. The summed E-state index contributed by atoms with van der Waals surface area (Å²) in [5.41, 5.74) is 7.98. The molecule has 3 rings (SSSR count). The molecular weight excluding hydrogens is 284 g/mol. The van der Waals surface area contributed by atoms with Crippen LogP contribution >= 0.6 is 11.3 Å². The summed E-state index contributed by atoms with van der Waals surface area (Å²) >= 11 is 1.52. The molecule has 0 atom stereocenters. The van der Waals surface area contributed by atoms with Crippen LogP contribution < -0.4 is 11.1 Å². The van der Waals surface area contributed by atoms with Crippen molar-refractivity contribution in [3.8, 4) is 0 Å². The van der Waals surface area contributed by atoms with Crippen molar-refractivity contribution < 1.29 is 4.79 Å². The highest BCUT2D eigenvalue weighted by molar-refractivity contribution is 7.09. The van der Waals surface area contributed by atoms with Crippen LogP contribution in [0.4, 0.5) is 5.69 Å². The predicted octanol–water partition coefficient (Wildman–Crippen LogP) is 2.13. The van der Waals surface area contributed by atoms with Gasteiger partial charge >= 0.3 is 0 Å². The van der Waals surface area contributed by atoms with E-state index in [2.05, 4.69) is 15.3 Å². The van der Waals surface area contributed by atoms with Crippen molar-refractivity contribution in [1.82, 2.24) is 15.3 Å². The summed E-state index contributed by atoms with van der Waals surface area (Å²) in [4.78, 5) is 20.5. The molecule has 0 saturated heterocycles. The van der Waals surface area contributed by atoms with E-state index in [4.69, 9.17) is 5.73 Å². The summed E-state index contributed by atoms with van der Waals surface area (Å²) in [6.45, 7) is 0.451. The number of aromatic nitrogens is 2. The minimum atomic E-state index is -0.0773. The Hall–Kier alpha value is -2.47. The van der Waals surface area contributed by atoms with Crippen molar-refractivity contribution in [2.45, 2.75) is 13.0 Å². The summed E-state index contributed by atoms with van der Waals surface area (Å²) in [5.74, 6) is -0.0773. The Morgan fingerprint density at radius 1 is 1.29 bits per heavy atom. The zero-order chi connectivity index (χ0) is 14.7. The number of fused-ring (bicyclic) bond motifs is 1. The second kappa shape index (κ2) is 5.88. The van der Waals surface area contributed by atoms with Gasteiger partial charge in [-0.05, 0) is 12.1 Å². The molecule has 3 aromatic rings. The second-order valence-corrected chi connectivity index (χ2v) is 5.58. The highest BCUT2D eigenvalue weighted by Crippen LogP contribution is 2.19. The number of hydrogen-bond donors (Lipinski definition) is 2. The van der Waals surface area contributed by atoms with E-state index in [-0.39, 0.29) is 12.3 Å². The van der Waals surface area contributed by atoms with Gasteiger partial charge < -0.3 is 11.1 Å². The number of thiazole rings is 1. The summed E-state index contributed by atoms with van der Waals surface area (Å²) < 4.78 is 0. The van der Waals surface area contributed by atoms with E-state index in [0.29, 0.717) is 17.9 Å². The fourth-order valence-corrected chi connectivity index (χ4v) is 2.61. The number of nitrogens with one attached hydrogen (secondary N) is 1. The van der Waals surface area contributed by atoms with Gasteiger partial charge in [-0.25, -0.2) is 4.98 Å². The number of anilines is 1. The second-order valence-electron chi connectivity index (χ2n) is 4.60. The van der Waals surface area contributed by atoms with E-state index in [1.807, 2.05) is 35.7 Å². The molecule has 1 amide bonds. The number of benzene rings is 1. The zero-order valence-corrected chi connectivity index (χ0v) is 12.1. The molecule has 0 spiro atoms. The Bertz CT molecular complexity index is 770. The molecule has 1 aromatic carbocycles. The maximum Gasteiger partial charge on any atom is 0.226 e. The van der Waals surface area contributed by atoms with Crippen LogP contribution in [-0.2, 0) is 17.8 Å². The molecule has 0 bridgehead atoms. The van der Waals surface area contributed by atoms with Gasteiger partial charge in [0, 0.05) is 17.0 Å². The van der Waals surface area contributed by atoms with Gasteiger partial charge in [-0.1, -0.05) is 18.2 Å². The van der Waals surface area contributed by atoms with Gasteiger partial charge in [-0.2, -0.15) is 0 Å². The standard InChI is InChI=1S/C15H14N4OS/c16-12-3-1-2-10-4-5-11(19-15(10)12)8-13(20)18-9-14-17-6-7-21-14/h1-7H,8-9,16H2,(H,18,20). The fraction of sp³-hybridized carbons (Fsp3) is 0.133. The fourth-order valence-electron chi connectivity index (χ4n) is 2.05. The van der Waals surface area contributed by atoms with Gasteiger partial charge in [0.25, 0.3) is 0 Å². The number of nitrogens with zero attached hydrogens (tertiary/aromatic N) is 2. The van der Waals surface area contributed by atoms with Crippen molar-refractivity contribution in [3.63, 3.8) is 0 Å². The number of carbonyl (C=O) groups is 1. The van der Waals surface area contributed by atoms with Gasteiger partial charge in [0.2, 0.25) is 5.91 Å². The minimum absolute atomic E-state index is 0.0773.